The largest absolute Gasteiger partial charge is 0.478 e. The average molecular weight is 1430 g/mol. The first kappa shape index (κ1) is 78.4. The highest BCUT2D eigenvalue weighted by atomic mass is 32.2. The monoisotopic (exact) mass is 1430 g/mol. The summed E-state index contributed by atoms with van der Waals surface area (Å²) in [5, 5.41) is 121. The standard InChI is InChI=1S/C68H80N6O24S2/c1-37(75)73-53-49(77)33-67(65(91)92,97-57(53)55(81)51(79)35-71-61(85)45-13-5-39(6-14-45)41-9-21-47(22-10-41)63(87)88)95-27-3-29-99-31-25-69-59(83)43-17-19-44(20-18-43)60(84)70-26-32-100-30-4-28-96-68(66(93)94)34-50(78)54(74-38(2)76)58(98-68)56(82)52(80)36-72-62(86)46-15-7-40(8-16-46)42-11-23-48(24-12-42)64(89)90/h5-24,49-58,77-82H,3-4,25-36H2,1-2H3,(H,69,83)(H,70,84)(H,71,85)(H,72,86)(H,73,75)(H,74,76)(H,87,88)(H,89,90)(H,91,92)(H,93,94)/t49-,50-,51+,52+,53+,54+,55?,56?,57+,58+,67+,68+/m0/s1. The molecular weight excluding hydrogens is 1350 g/mol. The summed E-state index contributed by atoms with van der Waals surface area (Å²) in [5.74, 6) is -12.3. The number of aliphatic carboxylic acids is 2. The molecule has 0 aliphatic carbocycles. The first-order valence-corrected chi connectivity index (χ1v) is 33.9. The summed E-state index contributed by atoms with van der Waals surface area (Å²) in [4.78, 5) is 124. The van der Waals surface area contributed by atoms with Gasteiger partial charge in [0.2, 0.25) is 11.8 Å². The molecule has 30 nitrogen and oxygen atoms in total. The average Bonchev–Trinajstić information content (AvgIpc) is 0.774. The van der Waals surface area contributed by atoms with Crippen LogP contribution in [0.5, 0.6) is 0 Å². The van der Waals surface area contributed by atoms with E-state index in [-0.39, 0.29) is 72.5 Å². The second-order valence-corrected chi connectivity index (χ2v) is 25.9. The number of rotatable bonds is 36. The fourth-order valence-corrected chi connectivity index (χ4v) is 12.4. The molecule has 7 rings (SSSR count). The Hall–Kier alpha value is -8.90. The number of hydrogen-bond donors (Lipinski definition) is 16. The molecule has 5 aromatic carbocycles. The summed E-state index contributed by atoms with van der Waals surface area (Å²) in [5.41, 5.74) is 3.85. The van der Waals surface area contributed by atoms with Crippen molar-refractivity contribution in [1.29, 1.82) is 0 Å². The first-order valence-electron chi connectivity index (χ1n) is 31.6. The minimum absolute atomic E-state index is 0.103. The lowest BCUT2D eigenvalue weighted by atomic mass is 9.88. The molecule has 2 heterocycles. The molecule has 16 N–H and O–H groups in total. The molecule has 0 bridgehead atoms. The number of aliphatic hydroxyl groups excluding tert-OH is 6. The van der Waals surface area contributed by atoms with Crippen LogP contribution in [0.25, 0.3) is 22.3 Å². The maximum Gasteiger partial charge on any atom is 0.364 e. The lowest BCUT2D eigenvalue weighted by Crippen LogP contribution is -2.68. The van der Waals surface area contributed by atoms with Crippen molar-refractivity contribution in [3.8, 4) is 22.3 Å². The number of amides is 6. The van der Waals surface area contributed by atoms with Gasteiger partial charge in [0.05, 0.1) is 60.8 Å². The Bertz CT molecular complexity index is 3410. The maximum atomic E-state index is 13.0. The fourth-order valence-electron chi connectivity index (χ4n) is 10.9. The summed E-state index contributed by atoms with van der Waals surface area (Å²) >= 11 is 2.80. The molecule has 2 saturated heterocycles. The van der Waals surface area contributed by atoms with Crippen LogP contribution in [-0.2, 0) is 38.1 Å². The van der Waals surface area contributed by atoms with E-state index in [1.54, 1.807) is 48.5 Å². The van der Waals surface area contributed by atoms with E-state index >= 15 is 0 Å². The molecular formula is C68H80N6O24S2. The highest BCUT2D eigenvalue weighted by molar-refractivity contribution is 7.99. The van der Waals surface area contributed by atoms with Crippen LogP contribution in [0.1, 0.15) is 102 Å². The Morgan fingerprint density at radius 3 is 1.00 bits per heavy atom. The first-order chi connectivity index (χ1) is 47.6. The zero-order valence-electron chi connectivity index (χ0n) is 54.2. The van der Waals surface area contributed by atoms with Crippen molar-refractivity contribution in [1.82, 2.24) is 31.9 Å². The SMILES string of the molecule is CC(=O)N[C@@H]1[C@@H](O)C[C@](OCCCSCCNC(=O)c2ccc(C(=O)NCCSCCCO[C@]3(C(=O)O)C[C@H](O)[C@@H](NC(C)=O)[C@H](C(O)[C@H](O)CNC(=O)c4ccc(-c5ccc(C(=O)O)cc5)cc4)O3)cc2)(C(=O)O)O[C@H]1C(O)[C@H](O)CNC(=O)c1ccc(-c2ccc(C(=O)O)cc2)cc1. The number of thioether (sulfide) groups is 2. The third-order valence-electron chi connectivity index (χ3n) is 16.2. The highest BCUT2D eigenvalue weighted by Gasteiger charge is 2.57. The molecule has 0 aromatic heterocycles. The third kappa shape index (κ3) is 21.6. The van der Waals surface area contributed by atoms with Gasteiger partial charge in [0.15, 0.2) is 0 Å². The summed E-state index contributed by atoms with van der Waals surface area (Å²) < 4.78 is 23.1. The van der Waals surface area contributed by atoms with Crippen molar-refractivity contribution in [2.45, 2.75) is 112 Å². The van der Waals surface area contributed by atoms with Gasteiger partial charge in [-0.3, -0.25) is 28.8 Å². The van der Waals surface area contributed by atoms with Gasteiger partial charge in [-0.25, -0.2) is 19.2 Å². The van der Waals surface area contributed by atoms with Crippen LogP contribution in [0.3, 0.4) is 0 Å². The topological polar surface area (TPSA) is 482 Å². The molecule has 0 saturated carbocycles. The van der Waals surface area contributed by atoms with Crippen molar-refractivity contribution in [3.05, 3.63) is 155 Å². The molecule has 2 fully saturated rings. The Kier molecular flexibility index (Phi) is 29.0. The van der Waals surface area contributed by atoms with E-state index in [0.29, 0.717) is 45.3 Å². The molecule has 2 aliphatic rings. The molecule has 0 radical (unpaired) electrons. The molecule has 0 spiro atoms. The van der Waals surface area contributed by atoms with Gasteiger partial charge in [0.1, 0.15) is 24.4 Å². The number of ether oxygens (including phenoxy) is 4. The number of carbonyl (C=O) groups is 10. The Morgan fingerprint density at radius 1 is 0.440 bits per heavy atom. The van der Waals surface area contributed by atoms with Crippen molar-refractivity contribution in [2.75, 3.05) is 62.4 Å². The van der Waals surface area contributed by atoms with Gasteiger partial charge >= 0.3 is 23.9 Å². The van der Waals surface area contributed by atoms with Crippen molar-refractivity contribution in [2.24, 2.45) is 0 Å². The number of aliphatic hydroxyl groups is 6. The normalized spacial score (nSPS) is 21.6. The molecule has 538 valence electrons. The van der Waals surface area contributed by atoms with Crippen LogP contribution in [0.15, 0.2) is 121 Å². The fraction of sp³-hybridized carbons (Fsp3) is 0.412. The van der Waals surface area contributed by atoms with E-state index in [1.165, 1.54) is 96.3 Å². The maximum absolute atomic E-state index is 13.0. The van der Waals surface area contributed by atoms with Crippen LogP contribution < -0.4 is 31.9 Å². The van der Waals surface area contributed by atoms with Gasteiger partial charge in [-0.15, -0.1) is 0 Å². The number of carboxylic acid groups (broad SMARTS) is 4. The second-order valence-electron chi connectivity index (χ2n) is 23.5. The number of carboxylic acids is 4. The van der Waals surface area contributed by atoms with Gasteiger partial charge in [0, 0.05) is 86.6 Å². The zero-order valence-corrected chi connectivity index (χ0v) is 55.9. The van der Waals surface area contributed by atoms with E-state index in [1.807, 2.05) is 0 Å². The molecule has 2 unspecified atom stereocenters. The van der Waals surface area contributed by atoms with Crippen LogP contribution in [0.2, 0.25) is 0 Å². The Morgan fingerprint density at radius 2 is 0.720 bits per heavy atom. The van der Waals surface area contributed by atoms with Crippen LogP contribution >= 0.6 is 23.5 Å². The van der Waals surface area contributed by atoms with Crippen molar-refractivity contribution < 1.29 is 118 Å². The predicted octanol–water partition coefficient (Wildman–Crippen LogP) is 1.33. The van der Waals surface area contributed by atoms with Crippen LogP contribution in [-0.4, -0.2) is 245 Å². The van der Waals surface area contributed by atoms with Crippen molar-refractivity contribution >= 4 is 82.8 Å². The number of benzene rings is 5. The minimum Gasteiger partial charge on any atom is -0.478 e. The third-order valence-corrected chi connectivity index (χ3v) is 18.3. The number of nitrogens with one attached hydrogen (secondary N) is 6. The smallest absolute Gasteiger partial charge is 0.364 e. The Balaban J connectivity index is 0.777. The number of hydrogen-bond acceptors (Lipinski definition) is 22. The van der Waals surface area contributed by atoms with Crippen LogP contribution in [0, 0.1) is 0 Å². The predicted molar refractivity (Wildman–Crippen MR) is 360 cm³/mol. The van der Waals surface area contributed by atoms with Crippen molar-refractivity contribution in [3.63, 3.8) is 0 Å². The summed E-state index contributed by atoms with van der Waals surface area (Å²) in [7, 11) is 0. The molecule has 2 aliphatic heterocycles. The quantitative estimate of drug-likeness (QED) is 0.0252. The minimum atomic E-state index is -2.53. The molecule has 5 aromatic rings. The highest BCUT2D eigenvalue weighted by Crippen LogP contribution is 2.36. The lowest BCUT2D eigenvalue weighted by molar-refractivity contribution is -0.310. The Labute approximate surface area is 581 Å². The van der Waals surface area contributed by atoms with E-state index < -0.39 is 158 Å². The van der Waals surface area contributed by atoms with E-state index in [9.17, 15) is 99.0 Å². The number of carbonyl (C=O) groups excluding carboxylic acids is 6. The zero-order chi connectivity index (χ0) is 72.8. The molecule has 6 amide bonds. The summed E-state index contributed by atoms with van der Waals surface area (Å²) in [6, 6.07) is 27.8. The molecule has 100 heavy (non-hydrogen) atoms. The van der Waals surface area contributed by atoms with Gasteiger partial charge in [-0.2, -0.15) is 23.5 Å². The summed E-state index contributed by atoms with van der Waals surface area (Å²) in [6.45, 7) is 1.13. The van der Waals surface area contributed by atoms with E-state index in [4.69, 9.17) is 18.9 Å². The lowest BCUT2D eigenvalue weighted by Gasteiger charge is -2.46. The van der Waals surface area contributed by atoms with Gasteiger partial charge < -0.3 is 102 Å². The number of aromatic carboxylic acids is 2. The molecule has 32 heteroatoms. The second kappa shape index (κ2) is 37.0. The summed E-state index contributed by atoms with van der Waals surface area (Å²) in [6.07, 6.45) is -15.2. The van der Waals surface area contributed by atoms with Gasteiger partial charge in [-0.05, 0) is 119 Å². The van der Waals surface area contributed by atoms with Crippen LogP contribution in [0.4, 0.5) is 0 Å². The van der Waals surface area contributed by atoms with Gasteiger partial charge in [-0.1, -0.05) is 48.5 Å². The van der Waals surface area contributed by atoms with E-state index in [0.717, 1.165) is 13.8 Å². The van der Waals surface area contributed by atoms with Gasteiger partial charge in [0.25, 0.3) is 35.2 Å². The van der Waals surface area contributed by atoms with E-state index in [2.05, 4.69) is 31.9 Å². The molecule has 12 atom stereocenters.